The summed E-state index contributed by atoms with van der Waals surface area (Å²) in [6.45, 7) is 2.53. The van der Waals surface area contributed by atoms with E-state index in [1.165, 1.54) is 11.1 Å². The first-order valence-corrected chi connectivity index (χ1v) is 8.48. The first kappa shape index (κ1) is 15.6. The van der Waals surface area contributed by atoms with Crippen LogP contribution in [0.1, 0.15) is 27.0 Å². The number of carbonyl (C=O) groups is 1. The van der Waals surface area contributed by atoms with E-state index >= 15 is 0 Å². The van der Waals surface area contributed by atoms with Gasteiger partial charge in [0.15, 0.2) is 0 Å². The van der Waals surface area contributed by atoms with Crippen LogP contribution in [-0.4, -0.2) is 22.2 Å². The Balaban J connectivity index is 1.45. The van der Waals surface area contributed by atoms with E-state index in [1.807, 2.05) is 36.4 Å². The highest BCUT2D eigenvalue weighted by Gasteiger charge is 2.12. The highest BCUT2D eigenvalue weighted by Crippen LogP contribution is 2.19. The molecule has 0 saturated carbocycles. The van der Waals surface area contributed by atoms with E-state index in [1.54, 1.807) is 17.1 Å². The van der Waals surface area contributed by atoms with Crippen LogP contribution in [0.15, 0.2) is 60.9 Å². The van der Waals surface area contributed by atoms with E-state index < -0.39 is 0 Å². The van der Waals surface area contributed by atoms with Crippen LogP contribution in [0.2, 0.25) is 0 Å². The van der Waals surface area contributed by atoms with Gasteiger partial charge in [-0.2, -0.15) is 5.10 Å². The summed E-state index contributed by atoms with van der Waals surface area (Å²) in [6.07, 6.45) is 4.39. The highest BCUT2D eigenvalue weighted by molar-refractivity contribution is 6.04. The lowest BCUT2D eigenvalue weighted by atomic mass is 10.0. The minimum absolute atomic E-state index is 0.131. The van der Waals surface area contributed by atoms with E-state index in [2.05, 4.69) is 27.9 Å². The summed E-state index contributed by atoms with van der Waals surface area (Å²) in [5.74, 6) is -0.131. The van der Waals surface area contributed by atoms with Crippen LogP contribution < -0.4 is 10.6 Å². The third kappa shape index (κ3) is 3.61. The van der Waals surface area contributed by atoms with Gasteiger partial charge in [0, 0.05) is 18.4 Å². The second-order valence-electron chi connectivity index (χ2n) is 6.28. The fourth-order valence-electron chi connectivity index (χ4n) is 3.10. The molecule has 4 rings (SSSR count). The number of carbonyl (C=O) groups excluding carboxylic acids is 1. The van der Waals surface area contributed by atoms with Crippen molar-refractivity contribution in [1.82, 2.24) is 15.1 Å². The SMILES string of the molecule is O=C(Nc1ccc2c(c1)CCNC2)c1cnn(Cc2ccccc2)c1. The van der Waals surface area contributed by atoms with Gasteiger partial charge in [0.1, 0.15) is 0 Å². The van der Waals surface area contributed by atoms with Crippen molar-refractivity contribution in [2.75, 3.05) is 11.9 Å². The Hall–Kier alpha value is -2.92. The highest BCUT2D eigenvalue weighted by atomic mass is 16.1. The number of amides is 1. The van der Waals surface area contributed by atoms with Gasteiger partial charge in [-0.3, -0.25) is 9.48 Å². The van der Waals surface area contributed by atoms with Gasteiger partial charge in [0.2, 0.25) is 0 Å². The van der Waals surface area contributed by atoms with Crippen LogP contribution in [0.5, 0.6) is 0 Å². The smallest absolute Gasteiger partial charge is 0.258 e. The van der Waals surface area contributed by atoms with Gasteiger partial charge in [-0.15, -0.1) is 0 Å². The molecule has 5 heteroatoms. The minimum Gasteiger partial charge on any atom is -0.322 e. The van der Waals surface area contributed by atoms with Crippen LogP contribution >= 0.6 is 0 Å². The molecule has 0 unspecified atom stereocenters. The standard InChI is InChI=1S/C20H20N4O/c25-20(23-19-7-6-17-11-21-9-8-16(17)10-19)18-12-22-24(14-18)13-15-4-2-1-3-5-15/h1-7,10,12,14,21H,8-9,11,13H2,(H,23,25). The van der Waals surface area contributed by atoms with Gasteiger partial charge in [-0.1, -0.05) is 36.4 Å². The van der Waals surface area contributed by atoms with Gasteiger partial charge in [0.05, 0.1) is 18.3 Å². The molecule has 0 aliphatic carbocycles. The number of rotatable bonds is 4. The first-order chi connectivity index (χ1) is 12.3. The molecule has 0 bridgehead atoms. The zero-order valence-electron chi connectivity index (χ0n) is 13.9. The van der Waals surface area contributed by atoms with E-state index in [-0.39, 0.29) is 5.91 Å². The van der Waals surface area contributed by atoms with E-state index in [0.717, 1.165) is 30.8 Å². The maximum atomic E-state index is 12.5. The molecule has 1 aromatic heterocycles. The second-order valence-corrected chi connectivity index (χ2v) is 6.28. The summed E-state index contributed by atoms with van der Waals surface area (Å²) in [7, 11) is 0. The summed E-state index contributed by atoms with van der Waals surface area (Å²) >= 11 is 0. The number of nitrogens with one attached hydrogen (secondary N) is 2. The Morgan fingerprint density at radius 2 is 2.04 bits per heavy atom. The fraction of sp³-hybridized carbons (Fsp3) is 0.200. The lowest BCUT2D eigenvalue weighted by Gasteiger charge is -2.18. The molecule has 2 aromatic carbocycles. The molecule has 0 atom stereocenters. The molecule has 0 radical (unpaired) electrons. The molecular weight excluding hydrogens is 312 g/mol. The van der Waals surface area contributed by atoms with Gasteiger partial charge in [0.25, 0.3) is 5.91 Å². The third-order valence-corrected chi connectivity index (χ3v) is 4.43. The zero-order valence-corrected chi connectivity index (χ0v) is 13.9. The predicted molar refractivity (Wildman–Crippen MR) is 97.6 cm³/mol. The van der Waals surface area contributed by atoms with Crippen molar-refractivity contribution >= 4 is 11.6 Å². The first-order valence-electron chi connectivity index (χ1n) is 8.48. The second kappa shape index (κ2) is 6.91. The Labute approximate surface area is 146 Å². The molecule has 0 spiro atoms. The molecule has 0 saturated heterocycles. The van der Waals surface area contributed by atoms with Crippen LogP contribution in [0.25, 0.3) is 0 Å². The Bertz CT molecular complexity index is 886. The number of fused-ring (bicyclic) bond motifs is 1. The Kier molecular flexibility index (Phi) is 4.31. The number of hydrogen-bond donors (Lipinski definition) is 2. The van der Waals surface area contributed by atoms with E-state index in [9.17, 15) is 4.79 Å². The number of hydrogen-bond acceptors (Lipinski definition) is 3. The monoisotopic (exact) mass is 332 g/mol. The number of benzene rings is 2. The van der Waals surface area contributed by atoms with Gasteiger partial charge in [-0.05, 0) is 41.8 Å². The van der Waals surface area contributed by atoms with Crippen LogP contribution in [0.4, 0.5) is 5.69 Å². The van der Waals surface area contributed by atoms with Crippen LogP contribution in [-0.2, 0) is 19.5 Å². The van der Waals surface area contributed by atoms with E-state index in [4.69, 9.17) is 0 Å². The fourth-order valence-corrected chi connectivity index (χ4v) is 3.10. The number of aromatic nitrogens is 2. The van der Waals surface area contributed by atoms with Crippen molar-refractivity contribution in [2.45, 2.75) is 19.5 Å². The maximum Gasteiger partial charge on any atom is 0.258 e. The van der Waals surface area contributed by atoms with Gasteiger partial charge in [-0.25, -0.2) is 0 Å². The lowest BCUT2D eigenvalue weighted by Crippen LogP contribution is -2.23. The van der Waals surface area contributed by atoms with Crippen molar-refractivity contribution in [3.63, 3.8) is 0 Å². The average molecular weight is 332 g/mol. The minimum atomic E-state index is -0.131. The molecule has 25 heavy (non-hydrogen) atoms. The van der Waals surface area contributed by atoms with Crippen molar-refractivity contribution in [2.24, 2.45) is 0 Å². The molecule has 0 fully saturated rings. The molecule has 2 heterocycles. The Morgan fingerprint density at radius 1 is 1.16 bits per heavy atom. The Morgan fingerprint density at radius 3 is 2.92 bits per heavy atom. The number of nitrogens with zero attached hydrogens (tertiary/aromatic N) is 2. The molecule has 3 aromatic rings. The van der Waals surface area contributed by atoms with Crippen molar-refractivity contribution in [3.8, 4) is 0 Å². The average Bonchev–Trinajstić information content (AvgIpc) is 3.11. The van der Waals surface area contributed by atoms with Crippen molar-refractivity contribution < 1.29 is 4.79 Å². The number of anilines is 1. The molecule has 126 valence electrons. The summed E-state index contributed by atoms with van der Waals surface area (Å²) in [6, 6.07) is 16.2. The largest absolute Gasteiger partial charge is 0.322 e. The summed E-state index contributed by atoms with van der Waals surface area (Å²) in [5, 5.41) is 10.6. The summed E-state index contributed by atoms with van der Waals surface area (Å²) in [4.78, 5) is 12.5. The van der Waals surface area contributed by atoms with Crippen LogP contribution in [0.3, 0.4) is 0 Å². The molecule has 2 N–H and O–H groups in total. The molecule has 1 amide bonds. The van der Waals surface area contributed by atoms with Crippen LogP contribution in [0, 0.1) is 0 Å². The topological polar surface area (TPSA) is 59.0 Å². The van der Waals surface area contributed by atoms with Gasteiger partial charge < -0.3 is 10.6 Å². The van der Waals surface area contributed by atoms with Gasteiger partial charge >= 0.3 is 0 Å². The summed E-state index contributed by atoms with van der Waals surface area (Å²) in [5.41, 5.74) is 5.16. The van der Waals surface area contributed by atoms with Crippen molar-refractivity contribution in [1.29, 1.82) is 0 Å². The summed E-state index contributed by atoms with van der Waals surface area (Å²) < 4.78 is 1.78. The molecule has 1 aliphatic rings. The van der Waals surface area contributed by atoms with E-state index in [0.29, 0.717) is 12.1 Å². The predicted octanol–water partition coefficient (Wildman–Crippen LogP) is 2.83. The molecule has 1 aliphatic heterocycles. The third-order valence-electron chi connectivity index (χ3n) is 4.43. The maximum absolute atomic E-state index is 12.5. The molecule has 5 nitrogen and oxygen atoms in total. The quantitative estimate of drug-likeness (QED) is 0.772. The van der Waals surface area contributed by atoms with Crippen molar-refractivity contribution in [3.05, 3.63) is 83.2 Å². The lowest BCUT2D eigenvalue weighted by molar-refractivity contribution is 0.102. The molecular formula is C20H20N4O. The zero-order chi connectivity index (χ0) is 17.1. The normalized spacial score (nSPS) is 13.3.